The topological polar surface area (TPSA) is 97.6 Å². The van der Waals surface area contributed by atoms with Gasteiger partial charge in [0.1, 0.15) is 5.75 Å². The minimum atomic E-state index is -0.485. The standard InChI is InChI=1S/C19H18N4O4S/c24-18(12-27-15-6-4-14(5-7-15)23(25)26)20-13-3-8-16-17(11-13)28-19(21-16)22-9-1-2-10-22/h3-8,11H,1-2,9-10,12H2,(H,20,24). The molecule has 1 saturated heterocycles. The summed E-state index contributed by atoms with van der Waals surface area (Å²) in [5.74, 6) is 0.0934. The Hall–Kier alpha value is -3.20. The second-order valence-electron chi connectivity index (χ2n) is 6.46. The second kappa shape index (κ2) is 7.81. The molecule has 0 unspecified atom stereocenters. The van der Waals surface area contributed by atoms with Crippen molar-refractivity contribution < 1.29 is 14.5 Å². The summed E-state index contributed by atoms with van der Waals surface area (Å²) in [6.07, 6.45) is 2.40. The molecule has 0 saturated carbocycles. The molecule has 2 aromatic carbocycles. The van der Waals surface area contributed by atoms with Crippen LogP contribution in [0, 0.1) is 10.1 Å². The lowest BCUT2D eigenvalue weighted by Crippen LogP contribution is -2.20. The number of benzene rings is 2. The molecule has 4 rings (SSSR count). The first-order valence-electron chi connectivity index (χ1n) is 8.91. The molecule has 1 aliphatic rings. The third-order valence-electron chi connectivity index (χ3n) is 4.45. The molecule has 0 bridgehead atoms. The number of amides is 1. The third-order valence-corrected chi connectivity index (χ3v) is 5.53. The Labute approximate surface area is 164 Å². The average molecular weight is 398 g/mol. The molecule has 1 aliphatic heterocycles. The molecule has 0 atom stereocenters. The summed E-state index contributed by atoms with van der Waals surface area (Å²) >= 11 is 1.63. The summed E-state index contributed by atoms with van der Waals surface area (Å²) in [5, 5.41) is 14.5. The number of aromatic nitrogens is 1. The number of nitrogens with zero attached hydrogens (tertiary/aromatic N) is 3. The van der Waals surface area contributed by atoms with Gasteiger partial charge in [0, 0.05) is 30.9 Å². The predicted octanol–water partition coefficient (Wildman–Crippen LogP) is 3.82. The van der Waals surface area contributed by atoms with E-state index in [0.717, 1.165) is 28.4 Å². The van der Waals surface area contributed by atoms with Crippen LogP contribution in [0.5, 0.6) is 5.75 Å². The zero-order valence-electron chi connectivity index (χ0n) is 15.0. The lowest BCUT2D eigenvalue weighted by atomic mass is 10.3. The Morgan fingerprint density at radius 2 is 1.96 bits per heavy atom. The molecule has 1 fully saturated rings. The summed E-state index contributed by atoms with van der Waals surface area (Å²) in [7, 11) is 0. The molecular weight excluding hydrogens is 380 g/mol. The average Bonchev–Trinajstić information content (AvgIpc) is 3.35. The largest absolute Gasteiger partial charge is 0.484 e. The number of carbonyl (C=O) groups is 1. The molecule has 1 aromatic heterocycles. The Bertz CT molecular complexity index is 1010. The number of fused-ring (bicyclic) bond motifs is 1. The lowest BCUT2D eigenvalue weighted by Gasteiger charge is -2.11. The van der Waals surface area contributed by atoms with Gasteiger partial charge in [0.15, 0.2) is 11.7 Å². The number of carbonyl (C=O) groups excluding carboxylic acids is 1. The van der Waals surface area contributed by atoms with Crippen LogP contribution in [-0.2, 0) is 4.79 Å². The molecule has 1 amide bonds. The van der Waals surface area contributed by atoms with Crippen molar-refractivity contribution in [2.75, 3.05) is 29.9 Å². The van der Waals surface area contributed by atoms with Gasteiger partial charge in [-0.3, -0.25) is 14.9 Å². The van der Waals surface area contributed by atoms with Gasteiger partial charge in [-0.15, -0.1) is 0 Å². The molecule has 8 nitrogen and oxygen atoms in total. The van der Waals surface area contributed by atoms with E-state index in [1.807, 2.05) is 18.2 Å². The van der Waals surface area contributed by atoms with Crippen molar-refractivity contribution in [1.29, 1.82) is 0 Å². The maximum atomic E-state index is 12.1. The van der Waals surface area contributed by atoms with E-state index < -0.39 is 4.92 Å². The van der Waals surface area contributed by atoms with E-state index in [4.69, 9.17) is 4.74 Å². The van der Waals surface area contributed by atoms with Gasteiger partial charge in [0.25, 0.3) is 11.6 Å². The smallest absolute Gasteiger partial charge is 0.269 e. The summed E-state index contributed by atoms with van der Waals surface area (Å²) < 4.78 is 6.41. The normalized spacial score (nSPS) is 13.6. The molecule has 3 aromatic rings. The minimum Gasteiger partial charge on any atom is -0.484 e. The summed E-state index contributed by atoms with van der Waals surface area (Å²) in [5.41, 5.74) is 1.58. The number of thiazole rings is 1. The zero-order valence-corrected chi connectivity index (χ0v) is 15.8. The highest BCUT2D eigenvalue weighted by Crippen LogP contribution is 2.32. The van der Waals surface area contributed by atoms with Crippen molar-refractivity contribution in [3.05, 3.63) is 52.6 Å². The first-order valence-corrected chi connectivity index (χ1v) is 9.73. The van der Waals surface area contributed by atoms with E-state index in [0.29, 0.717) is 11.4 Å². The van der Waals surface area contributed by atoms with Crippen LogP contribution >= 0.6 is 11.3 Å². The van der Waals surface area contributed by atoms with Crippen molar-refractivity contribution in [2.45, 2.75) is 12.8 Å². The van der Waals surface area contributed by atoms with Crippen molar-refractivity contribution in [1.82, 2.24) is 4.98 Å². The molecule has 9 heteroatoms. The van der Waals surface area contributed by atoms with Crippen LogP contribution in [0.4, 0.5) is 16.5 Å². The Morgan fingerprint density at radius 3 is 2.68 bits per heavy atom. The number of hydrogen-bond donors (Lipinski definition) is 1. The van der Waals surface area contributed by atoms with Gasteiger partial charge in [-0.2, -0.15) is 0 Å². The van der Waals surface area contributed by atoms with E-state index in [2.05, 4.69) is 15.2 Å². The minimum absolute atomic E-state index is 0.0250. The SMILES string of the molecule is O=C(COc1ccc([N+](=O)[O-])cc1)Nc1ccc2nc(N3CCCC3)sc2c1. The highest BCUT2D eigenvalue weighted by molar-refractivity contribution is 7.22. The Kier molecular flexibility index (Phi) is 5.07. The number of nitro benzene ring substituents is 1. The number of anilines is 2. The Balaban J connectivity index is 1.37. The van der Waals surface area contributed by atoms with Crippen LogP contribution in [0.15, 0.2) is 42.5 Å². The fourth-order valence-electron chi connectivity index (χ4n) is 3.04. The monoisotopic (exact) mass is 398 g/mol. The Morgan fingerprint density at radius 1 is 1.21 bits per heavy atom. The first kappa shape index (κ1) is 18.2. The molecule has 0 radical (unpaired) electrons. The van der Waals surface area contributed by atoms with Crippen LogP contribution in [0.1, 0.15) is 12.8 Å². The highest BCUT2D eigenvalue weighted by atomic mass is 32.1. The molecule has 1 N–H and O–H groups in total. The summed E-state index contributed by atoms with van der Waals surface area (Å²) in [4.78, 5) is 29.3. The number of rotatable bonds is 6. The first-order chi connectivity index (χ1) is 13.6. The van der Waals surface area contributed by atoms with Gasteiger partial charge in [-0.1, -0.05) is 11.3 Å². The number of ether oxygens (including phenoxy) is 1. The molecular formula is C19H18N4O4S. The van der Waals surface area contributed by atoms with Gasteiger partial charge in [-0.05, 0) is 43.2 Å². The number of nitrogens with one attached hydrogen (secondary N) is 1. The number of nitro groups is 1. The van der Waals surface area contributed by atoms with Crippen molar-refractivity contribution >= 4 is 44.0 Å². The van der Waals surface area contributed by atoms with Crippen molar-refractivity contribution in [2.24, 2.45) is 0 Å². The van der Waals surface area contributed by atoms with Gasteiger partial charge in [0.05, 0.1) is 15.1 Å². The zero-order chi connectivity index (χ0) is 19.5. The molecule has 0 aliphatic carbocycles. The van der Waals surface area contributed by atoms with Gasteiger partial charge in [0.2, 0.25) is 0 Å². The fraction of sp³-hybridized carbons (Fsp3) is 0.263. The van der Waals surface area contributed by atoms with E-state index in [-0.39, 0.29) is 18.2 Å². The molecule has 2 heterocycles. The van der Waals surface area contributed by atoms with Crippen LogP contribution in [0.2, 0.25) is 0 Å². The van der Waals surface area contributed by atoms with Crippen LogP contribution in [0.3, 0.4) is 0 Å². The van der Waals surface area contributed by atoms with E-state index in [1.165, 1.54) is 37.1 Å². The maximum Gasteiger partial charge on any atom is 0.269 e. The molecule has 144 valence electrons. The van der Waals surface area contributed by atoms with Crippen molar-refractivity contribution in [3.8, 4) is 5.75 Å². The van der Waals surface area contributed by atoms with Gasteiger partial charge >= 0.3 is 0 Å². The second-order valence-corrected chi connectivity index (χ2v) is 7.47. The summed E-state index contributed by atoms with van der Waals surface area (Å²) in [6, 6.07) is 11.2. The van der Waals surface area contributed by atoms with Crippen LogP contribution in [0.25, 0.3) is 10.2 Å². The van der Waals surface area contributed by atoms with E-state index in [1.54, 1.807) is 11.3 Å². The quantitative estimate of drug-likeness (QED) is 0.501. The van der Waals surface area contributed by atoms with Crippen LogP contribution < -0.4 is 15.0 Å². The summed E-state index contributed by atoms with van der Waals surface area (Å²) in [6.45, 7) is 1.91. The van der Waals surface area contributed by atoms with E-state index in [9.17, 15) is 14.9 Å². The van der Waals surface area contributed by atoms with E-state index >= 15 is 0 Å². The molecule has 0 spiro atoms. The van der Waals surface area contributed by atoms with Gasteiger partial charge < -0.3 is 15.0 Å². The highest BCUT2D eigenvalue weighted by Gasteiger charge is 2.16. The number of hydrogen-bond acceptors (Lipinski definition) is 7. The fourth-order valence-corrected chi connectivity index (χ4v) is 4.10. The molecule has 28 heavy (non-hydrogen) atoms. The third kappa shape index (κ3) is 4.04. The maximum absolute atomic E-state index is 12.1. The van der Waals surface area contributed by atoms with Crippen LogP contribution in [-0.4, -0.2) is 35.5 Å². The predicted molar refractivity (Wildman–Crippen MR) is 108 cm³/mol. The van der Waals surface area contributed by atoms with Gasteiger partial charge in [-0.25, -0.2) is 4.98 Å². The van der Waals surface area contributed by atoms with Crippen molar-refractivity contribution in [3.63, 3.8) is 0 Å². The number of non-ortho nitro benzene ring substituents is 1. The lowest BCUT2D eigenvalue weighted by molar-refractivity contribution is -0.384.